The first-order valence-electron chi connectivity index (χ1n) is 18.8. The Morgan fingerprint density at radius 3 is 1.80 bits per heavy atom. The van der Waals surface area contributed by atoms with Gasteiger partial charge in [-0.2, -0.15) is 0 Å². The Labute approximate surface area is 319 Å². The first-order valence-corrected chi connectivity index (χ1v) is 18.8. The van der Waals surface area contributed by atoms with Crippen molar-refractivity contribution in [2.45, 2.75) is 0 Å². The lowest BCUT2D eigenvalue weighted by molar-refractivity contribution is 1.12. The van der Waals surface area contributed by atoms with Crippen molar-refractivity contribution in [2.24, 2.45) is 0 Å². The van der Waals surface area contributed by atoms with Gasteiger partial charge in [0.15, 0.2) is 0 Å². The first kappa shape index (κ1) is 31.2. The molecule has 2 aromatic heterocycles. The topological polar surface area (TPSA) is 13.1 Å². The van der Waals surface area contributed by atoms with E-state index >= 15 is 0 Å². The molecule has 3 heteroatoms. The largest absolute Gasteiger partial charge is 0.315 e. The Bertz CT molecular complexity index is 3180. The minimum absolute atomic E-state index is 1.11. The Morgan fingerprint density at radius 1 is 0.345 bits per heavy atom. The smallest absolute Gasteiger partial charge is 0.0788 e. The summed E-state index contributed by atoms with van der Waals surface area (Å²) in [5.41, 5.74) is 11.7. The minimum atomic E-state index is 1.11. The van der Waals surface area contributed by atoms with Gasteiger partial charge >= 0.3 is 0 Å². The standard InChI is InChI=1S/C52H35N3/c1-2-15-42(16-3-1)53-34-33-40-26-32-48-47-18-8-9-19-50(47)55(52(48)51(40)53)44-29-23-38(24-30-44)37-21-27-43(28-22-37)54(45-31-25-36-11-4-5-13-41(36)35-45)49-20-10-14-39-12-6-7-17-46(39)49/h1-35H. The molecule has 0 aliphatic rings. The van der Waals surface area contributed by atoms with E-state index in [1.165, 1.54) is 65.4 Å². The van der Waals surface area contributed by atoms with Crippen LogP contribution in [-0.2, 0) is 0 Å². The second-order valence-corrected chi connectivity index (χ2v) is 14.2. The summed E-state index contributed by atoms with van der Waals surface area (Å²) in [5.74, 6) is 0. The van der Waals surface area contributed by atoms with Crippen molar-refractivity contribution < 1.29 is 0 Å². The zero-order valence-electron chi connectivity index (χ0n) is 30.0. The fraction of sp³-hybridized carbons (Fsp3) is 0. The molecule has 11 rings (SSSR count). The van der Waals surface area contributed by atoms with Crippen molar-refractivity contribution in [1.29, 1.82) is 0 Å². The van der Waals surface area contributed by atoms with Crippen LogP contribution >= 0.6 is 0 Å². The van der Waals surface area contributed by atoms with Crippen LogP contribution in [0.4, 0.5) is 17.1 Å². The summed E-state index contributed by atoms with van der Waals surface area (Å²) in [7, 11) is 0. The molecule has 0 atom stereocenters. The Kier molecular flexibility index (Phi) is 7.17. The molecular formula is C52H35N3. The highest BCUT2D eigenvalue weighted by Gasteiger charge is 2.19. The number of anilines is 3. The van der Waals surface area contributed by atoms with Gasteiger partial charge in [0.1, 0.15) is 0 Å². The fourth-order valence-electron chi connectivity index (χ4n) is 8.50. The molecular weight excluding hydrogens is 667 g/mol. The molecule has 55 heavy (non-hydrogen) atoms. The van der Waals surface area contributed by atoms with E-state index in [4.69, 9.17) is 0 Å². The summed E-state index contributed by atoms with van der Waals surface area (Å²) in [5, 5.41) is 8.62. The zero-order valence-corrected chi connectivity index (χ0v) is 30.0. The number of para-hydroxylation sites is 2. The Morgan fingerprint density at radius 2 is 0.982 bits per heavy atom. The summed E-state index contributed by atoms with van der Waals surface area (Å²) >= 11 is 0. The average Bonchev–Trinajstić information content (AvgIpc) is 3.84. The number of nitrogens with zero attached hydrogens (tertiary/aromatic N) is 3. The van der Waals surface area contributed by atoms with Crippen molar-refractivity contribution in [2.75, 3.05) is 4.90 Å². The van der Waals surface area contributed by atoms with Crippen molar-refractivity contribution in [3.63, 3.8) is 0 Å². The molecule has 0 spiro atoms. The predicted molar refractivity (Wildman–Crippen MR) is 233 cm³/mol. The van der Waals surface area contributed by atoms with E-state index < -0.39 is 0 Å². The molecule has 0 amide bonds. The normalized spacial score (nSPS) is 11.6. The lowest BCUT2D eigenvalue weighted by atomic mass is 10.0. The summed E-state index contributed by atoms with van der Waals surface area (Å²) in [6.45, 7) is 0. The van der Waals surface area contributed by atoms with Gasteiger partial charge in [-0.3, -0.25) is 0 Å². The summed E-state index contributed by atoms with van der Waals surface area (Å²) in [6, 6.07) is 74.7. The van der Waals surface area contributed by atoms with E-state index in [2.05, 4.69) is 226 Å². The molecule has 0 saturated heterocycles. The quantitative estimate of drug-likeness (QED) is 0.168. The SMILES string of the molecule is c1ccc(-n2ccc3ccc4c5ccccc5n(-c5ccc(-c6ccc(N(c7ccc8ccccc8c7)c7cccc8ccccc78)cc6)cc5)c4c32)cc1. The first-order chi connectivity index (χ1) is 27.3. The van der Waals surface area contributed by atoms with E-state index in [0.29, 0.717) is 0 Å². The maximum Gasteiger partial charge on any atom is 0.0788 e. The second kappa shape index (κ2) is 12.6. The third kappa shape index (κ3) is 5.13. The lowest BCUT2D eigenvalue weighted by Crippen LogP contribution is -2.10. The highest BCUT2D eigenvalue weighted by molar-refractivity contribution is 6.18. The molecule has 0 unspecified atom stereocenters. The van der Waals surface area contributed by atoms with Crippen LogP contribution in [-0.4, -0.2) is 9.13 Å². The van der Waals surface area contributed by atoms with Crippen LogP contribution in [0.5, 0.6) is 0 Å². The summed E-state index contributed by atoms with van der Waals surface area (Å²) in [6.07, 6.45) is 2.19. The number of hydrogen-bond donors (Lipinski definition) is 0. The van der Waals surface area contributed by atoms with E-state index in [9.17, 15) is 0 Å². The monoisotopic (exact) mass is 701 g/mol. The predicted octanol–water partition coefficient (Wildman–Crippen LogP) is 14.2. The number of aromatic nitrogens is 2. The van der Waals surface area contributed by atoms with E-state index in [1.54, 1.807) is 0 Å². The molecule has 0 N–H and O–H groups in total. The Hall–Kier alpha value is -7.36. The van der Waals surface area contributed by atoms with Gasteiger partial charge in [-0.15, -0.1) is 0 Å². The molecule has 9 aromatic carbocycles. The van der Waals surface area contributed by atoms with Crippen LogP contribution < -0.4 is 4.90 Å². The molecule has 0 aliphatic carbocycles. The van der Waals surface area contributed by atoms with E-state index in [-0.39, 0.29) is 0 Å². The molecule has 0 fully saturated rings. The molecule has 0 radical (unpaired) electrons. The minimum Gasteiger partial charge on any atom is -0.315 e. The van der Waals surface area contributed by atoms with Crippen LogP contribution in [0.15, 0.2) is 212 Å². The number of rotatable bonds is 6. The average molecular weight is 702 g/mol. The van der Waals surface area contributed by atoms with Gasteiger partial charge in [0.2, 0.25) is 0 Å². The van der Waals surface area contributed by atoms with E-state index in [0.717, 1.165) is 28.4 Å². The number of hydrogen-bond acceptors (Lipinski definition) is 1. The van der Waals surface area contributed by atoms with Crippen molar-refractivity contribution >= 4 is 71.3 Å². The third-order valence-corrected chi connectivity index (χ3v) is 11.1. The van der Waals surface area contributed by atoms with Gasteiger partial charge in [-0.05, 0) is 94.0 Å². The lowest BCUT2D eigenvalue weighted by Gasteiger charge is -2.27. The molecule has 3 nitrogen and oxygen atoms in total. The Balaban J connectivity index is 1.01. The maximum atomic E-state index is 2.44. The van der Waals surface area contributed by atoms with Gasteiger partial charge in [-0.1, -0.05) is 140 Å². The van der Waals surface area contributed by atoms with Crippen LogP contribution in [0, 0.1) is 0 Å². The van der Waals surface area contributed by atoms with Crippen LogP contribution in [0.25, 0.3) is 76.8 Å². The van der Waals surface area contributed by atoms with Gasteiger partial charge in [0.25, 0.3) is 0 Å². The number of benzene rings is 9. The van der Waals surface area contributed by atoms with Crippen LogP contribution in [0.3, 0.4) is 0 Å². The zero-order chi connectivity index (χ0) is 36.3. The summed E-state index contributed by atoms with van der Waals surface area (Å²) < 4.78 is 4.76. The van der Waals surface area contributed by atoms with Crippen LogP contribution in [0.2, 0.25) is 0 Å². The maximum absolute atomic E-state index is 2.44. The molecule has 11 aromatic rings. The number of fused-ring (bicyclic) bond motifs is 7. The van der Waals surface area contributed by atoms with Gasteiger partial charge < -0.3 is 14.0 Å². The highest BCUT2D eigenvalue weighted by atomic mass is 15.1. The van der Waals surface area contributed by atoms with Gasteiger partial charge in [0, 0.05) is 50.5 Å². The molecule has 0 saturated carbocycles. The fourth-order valence-corrected chi connectivity index (χ4v) is 8.50. The van der Waals surface area contributed by atoms with E-state index in [1.807, 2.05) is 0 Å². The molecule has 2 heterocycles. The molecule has 0 aliphatic heterocycles. The van der Waals surface area contributed by atoms with Crippen molar-refractivity contribution in [3.05, 3.63) is 212 Å². The second-order valence-electron chi connectivity index (χ2n) is 14.2. The van der Waals surface area contributed by atoms with Gasteiger partial charge in [-0.25, -0.2) is 0 Å². The van der Waals surface area contributed by atoms with Crippen LogP contribution in [0.1, 0.15) is 0 Å². The molecule has 0 bridgehead atoms. The van der Waals surface area contributed by atoms with Crippen molar-refractivity contribution in [3.8, 4) is 22.5 Å². The molecule has 258 valence electrons. The van der Waals surface area contributed by atoms with Gasteiger partial charge in [0.05, 0.1) is 22.2 Å². The third-order valence-electron chi connectivity index (χ3n) is 11.1. The summed E-state index contributed by atoms with van der Waals surface area (Å²) in [4.78, 5) is 2.38. The van der Waals surface area contributed by atoms with Crippen molar-refractivity contribution in [1.82, 2.24) is 9.13 Å². The highest BCUT2D eigenvalue weighted by Crippen LogP contribution is 2.41.